The molecule has 0 radical (unpaired) electrons. The third-order valence-corrected chi connectivity index (χ3v) is 4.57. The molecule has 2 aromatic heterocycles. The summed E-state index contributed by atoms with van der Waals surface area (Å²) in [4.78, 5) is 7.69. The fourth-order valence-corrected chi connectivity index (χ4v) is 3.38. The van der Waals surface area contributed by atoms with Gasteiger partial charge in [-0.05, 0) is 11.6 Å². The lowest BCUT2D eigenvalue weighted by Gasteiger charge is -2.18. The van der Waals surface area contributed by atoms with E-state index in [1.165, 1.54) is 0 Å². The molecule has 104 valence electrons. The van der Waals surface area contributed by atoms with Crippen molar-refractivity contribution in [2.24, 2.45) is 0 Å². The molecule has 20 heavy (non-hydrogen) atoms. The minimum absolute atomic E-state index is 0.431. The molecule has 3 rings (SSSR count). The Balaban J connectivity index is 1.94. The summed E-state index contributed by atoms with van der Waals surface area (Å²) in [6.07, 6.45) is 2.00. The van der Waals surface area contributed by atoms with Crippen molar-refractivity contribution in [2.45, 2.75) is 12.4 Å². The van der Waals surface area contributed by atoms with Gasteiger partial charge in [0.25, 0.3) is 0 Å². The Labute approximate surface area is 131 Å². The van der Waals surface area contributed by atoms with E-state index in [0.717, 1.165) is 27.1 Å². The third kappa shape index (κ3) is 2.39. The molecule has 0 fully saturated rings. The predicted molar refractivity (Wildman–Crippen MR) is 86.2 cm³/mol. The van der Waals surface area contributed by atoms with Gasteiger partial charge >= 0.3 is 0 Å². The minimum Gasteiger partial charge on any atom is -0.354 e. The Kier molecular flexibility index (Phi) is 3.87. The minimum atomic E-state index is 0.431. The van der Waals surface area contributed by atoms with E-state index in [9.17, 15) is 0 Å². The molecule has 6 heteroatoms. The van der Waals surface area contributed by atoms with Crippen LogP contribution in [-0.2, 0) is 12.4 Å². The molecule has 0 aliphatic carbocycles. The Hall–Kier alpha value is -1.23. The molecule has 0 aliphatic rings. The van der Waals surface area contributed by atoms with Crippen LogP contribution in [-0.4, -0.2) is 16.4 Å². The second-order valence-electron chi connectivity index (χ2n) is 4.52. The van der Waals surface area contributed by atoms with E-state index in [4.69, 9.17) is 23.2 Å². The highest BCUT2D eigenvalue weighted by atomic mass is 35.5. The molecule has 0 N–H and O–H groups in total. The molecule has 2 heterocycles. The number of aromatic nitrogens is 2. The number of anilines is 1. The lowest BCUT2D eigenvalue weighted by atomic mass is 10.2. The standard InChI is InChI=1S/C14H13Cl2N3S/c1-18(9-10-4-2-3-5-11(10)16)13-12(8-15)19-6-7-20-14(19)17-13/h2-7H,8-9H2,1H3. The molecule has 3 aromatic rings. The molecular weight excluding hydrogens is 313 g/mol. The highest BCUT2D eigenvalue weighted by Gasteiger charge is 2.16. The zero-order valence-corrected chi connectivity index (χ0v) is 13.2. The van der Waals surface area contributed by atoms with Gasteiger partial charge in [-0.15, -0.1) is 22.9 Å². The largest absolute Gasteiger partial charge is 0.354 e. The van der Waals surface area contributed by atoms with E-state index in [2.05, 4.69) is 9.88 Å². The van der Waals surface area contributed by atoms with Crippen LogP contribution in [0.25, 0.3) is 4.96 Å². The van der Waals surface area contributed by atoms with Crippen molar-refractivity contribution >= 4 is 45.3 Å². The number of rotatable bonds is 4. The van der Waals surface area contributed by atoms with E-state index >= 15 is 0 Å². The van der Waals surface area contributed by atoms with Crippen LogP contribution < -0.4 is 4.90 Å². The summed E-state index contributed by atoms with van der Waals surface area (Å²) >= 11 is 13.9. The monoisotopic (exact) mass is 325 g/mol. The zero-order valence-electron chi connectivity index (χ0n) is 10.9. The van der Waals surface area contributed by atoms with Crippen molar-refractivity contribution in [3.8, 4) is 0 Å². The van der Waals surface area contributed by atoms with Crippen molar-refractivity contribution in [1.29, 1.82) is 0 Å². The number of nitrogens with zero attached hydrogens (tertiary/aromatic N) is 3. The molecule has 0 saturated carbocycles. The fourth-order valence-electron chi connectivity index (χ4n) is 2.21. The summed E-state index contributed by atoms with van der Waals surface area (Å²) in [6.45, 7) is 0.703. The smallest absolute Gasteiger partial charge is 0.195 e. The van der Waals surface area contributed by atoms with E-state index < -0.39 is 0 Å². The lowest BCUT2D eigenvalue weighted by molar-refractivity contribution is 0.894. The first-order valence-electron chi connectivity index (χ1n) is 6.15. The highest BCUT2D eigenvalue weighted by molar-refractivity contribution is 7.15. The number of fused-ring (bicyclic) bond motifs is 1. The normalized spacial score (nSPS) is 11.2. The van der Waals surface area contributed by atoms with E-state index in [1.807, 2.05) is 47.3 Å². The zero-order chi connectivity index (χ0) is 14.1. The van der Waals surface area contributed by atoms with Gasteiger partial charge in [-0.1, -0.05) is 29.8 Å². The van der Waals surface area contributed by atoms with Gasteiger partial charge in [0, 0.05) is 30.2 Å². The van der Waals surface area contributed by atoms with Crippen LogP contribution in [0.3, 0.4) is 0 Å². The van der Waals surface area contributed by atoms with Gasteiger partial charge in [-0.25, -0.2) is 4.98 Å². The first kappa shape index (κ1) is 13.7. The van der Waals surface area contributed by atoms with Gasteiger partial charge in [0.15, 0.2) is 10.8 Å². The molecule has 1 aromatic carbocycles. The molecular formula is C14H13Cl2N3S. The van der Waals surface area contributed by atoms with Gasteiger partial charge < -0.3 is 4.90 Å². The average molecular weight is 326 g/mol. The van der Waals surface area contributed by atoms with Gasteiger partial charge in [0.05, 0.1) is 11.6 Å². The van der Waals surface area contributed by atoms with Crippen molar-refractivity contribution < 1.29 is 0 Å². The van der Waals surface area contributed by atoms with Crippen LogP contribution in [0.1, 0.15) is 11.3 Å². The van der Waals surface area contributed by atoms with Crippen molar-refractivity contribution in [1.82, 2.24) is 9.38 Å². The molecule has 0 spiro atoms. The topological polar surface area (TPSA) is 20.5 Å². The Morgan fingerprint density at radius 1 is 1.35 bits per heavy atom. The van der Waals surface area contributed by atoms with Crippen molar-refractivity contribution in [3.05, 3.63) is 52.1 Å². The second-order valence-corrected chi connectivity index (χ2v) is 6.07. The molecule has 0 amide bonds. The maximum Gasteiger partial charge on any atom is 0.195 e. The fraction of sp³-hybridized carbons (Fsp3) is 0.214. The molecule has 0 bridgehead atoms. The molecule has 0 atom stereocenters. The van der Waals surface area contributed by atoms with Crippen molar-refractivity contribution in [2.75, 3.05) is 11.9 Å². The number of hydrogen-bond acceptors (Lipinski definition) is 3. The van der Waals surface area contributed by atoms with Gasteiger partial charge in [-0.2, -0.15) is 0 Å². The van der Waals surface area contributed by atoms with E-state index in [1.54, 1.807) is 11.3 Å². The molecule has 0 saturated heterocycles. The van der Waals surface area contributed by atoms with Crippen LogP contribution in [0, 0.1) is 0 Å². The quantitative estimate of drug-likeness (QED) is 0.662. The number of benzene rings is 1. The number of halogens is 2. The van der Waals surface area contributed by atoms with Crippen molar-refractivity contribution in [3.63, 3.8) is 0 Å². The van der Waals surface area contributed by atoms with Crippen LogP contribution in [0.15, 0.2) is 35.8 Å². The van der Waals surface area contributed by atoms with Gasteiger partial charge in [0.2, 0.25) is 0 Å². The summed E-state index contributed by atoms with van der Waals surface area (Å²) in [5.74, 6) is 1.34. The SMILES string of the molecule is CN(Cc1ccccc1Cl)c1nc2sccn2c1CCl. The van der Waals surface area contributed by atoms with Crippen LogP contribution >= 0.6 is 34.5 Å². The summed E-state index contributed by atoms with van der Waals surface area (Å²) in [7, 11) is 2.01. The summed E-state index contributed by atoms with van der Waals surface area (Å²) in [5, 5.41) is 2.78. The average Bonchev–Trinajstić information content (AvgIpc) is 3.01. The number of hydrogen-bond donors (Lipinski definition) is 0. The van der Waals surface area contributed by atoms with Crippen LogP contribution in [0.5, 0.6) is 0 Å². The maximum absolute atomic E-state index is 6.21. The predicted octanol–water partition coefficient (Wildman–Crippen LogP) is 4.42. The second kappa shape index (κ2) is 5.64. The summed E-state index contributed by atoms with van der Waals surface area (Å²) in [5.41, 5.74) is 2.09. The third-order valence-electron chi connectivity index (χ3n) is 3.19. The number of thiazole rings is 1. The lowest BCUT2D eigenvalue weighted by Crippen LogP contribution is -2.18. The molecule has 0 aliphatic heterocycles. The van der Waals surface area contributed by atoms with Crippen LogP contribution in [0.4, 0.5) is 5.82 Å². The van der Waals surface area contributed by atoms with Gasteiger partial charge in [0.1, 0.15) is 0 Å². The summed E-state index contributed by atoms with van der Waals surface area (Å²) < 4.78 is 2.04. The van der Waals surface area contributed by atoms with Gasteiger partial charge in [-0.3, -0.25) is 4.40 Å². The van der Waals surface area contributed by atoms with E-state index in [-0.39, 0.29) is 0 Å². The number of alkyl halides is 1. The van der Waals surface area contributed by atoms with Crippen LogP contribution in [0.2, 0.25) is 5.02 Å². The molecule has 3 nitrogen and oxygen atoms in total. The summed E-state index contributed by atoms with van der Waals surface area (Å²) in [6, 6.07) is 7.85. The maximum atomic E-state index is 6.21. The van der Waals surface area contributed by atoms with E-state index in [0.29, 0.717) is 12.4 Å². The number of imidazole rings is 1. The molecule has 0 unspecified atom stereocenters. The highest BCUT2D eigenvalue weighted by Crippen LogP contribution is 2.27. The Morgan fingerprint density at radius 2 is 2.15 bits per heavy atom. The Bertz CT molecular complexity index is 735. The first-order chi connectivity index (χ1) is 9.70. The Morgan fingerprint density at radius 3 is 2.90 bits per heavy atom. The first-order valence-corrected chi connectivity index (χ1v) is 7.95.